The van der Waals surface area contributed by atoms with Crippen molar-refractivity contribution in [3.8, 4) is 0 Å². The maximum absolute atomic E-state index is 14.3. The van der Waals surface area contributed by atoms with E-state index in [4.69, 9.17) is 18.9 Å². The highest BCUT2D eigenvalue weighted by molar-refractivity contribution is 5.95. The Hall–Kier alpha value is -5.25. The van der Waals surface area contributed by atoms with Gasteiger partial charge in [-0.15, -0.1) is 0 Å². The van der Waals surface area contributed by atoms with Crippen LogP contribution in [0.3, 0.4) is 0 Å². The topological polar surface area (TPSA) is 215 Å². The molecule has 14 heteroatoms. The molecule has 3 aromatic rings. The van der Waals surface area contributed by atoms with Gasteiger partial charge in [-0.2, -0.15) is 0 Å². The minimum atomic E-state index is -1.97. The van der Waals surface area contributed by atoms with Gasteiger partial charge in [0.25, 0.3) is 5.91 Å². The van der Waals surface area contributed by atoms with E-state index in [1.807, 2.05) is 0 Å². The molecule has 14 nitrogen and oxygen atoms in total. The molecule has 0 unspecified atom stereocenters. The van der Waals surface area contributed by atoms with Crippen molar-refractivity contribution in [3.05, 3.63) is 119 Å². The lowest BCUT2D eigenvalue weighted by Gasteiger charge is -2.65. The molecule has 1 saturated heterocycles. The van der Waals surface area contributed by atoms with E-state index in [-0.39, 0.29) is 41.7 Å². The van der Waals surface area contributed by atoms with Crippen LogP contribution < -0.4 is 5.32 Å². The summed E-state index contributed by atoms with van der Waals surface area (Å²) in [6.07, 6.45) is -8.88. The van der Waals surface area contributed by atoms with Crippen LogP contribution in [-0.2, 0) is 33.3 Å². The minimum absolute atomic E-state index is 0.0999. The largest absolute Gasteiger partial charge is 0.457 e. The summed E-state index contributed by atoms with van der Waals surface area (Å²) in [7, 11) is 0. The number of fused-ring (bicyclic) bond motifs is 4. The third-order valence-corrected chi connectivity index (χ3v) is 13.5. The van der Waals surface area contributed by atoms with Crippen molar-refractivity contribution in [2.24, 2.45) is 22.7 Å². The number of aliphatic hydroxyl groups excluding tert-OH is 3. The number of aldehydes is 1. The summed E-state index contributed by atoms with van der Waals surface area (Å²) in [5.41, 5.74) is -6.09. The molecule has 0 spiro atoms. The van der Waals surface area contributed by atoms with Crippen molar-refractivity contribution < 1.29 is 63.3 Å². The molecule has 1 amide bonds. The molecule has 0 bridgehead atoms. The van der Waals surface area contributed by atoms with Gasteiger partial charge in [-0.1, -0.05) is 73.7 Å². The first-order valence-electron chi connectivity index (χ1n) is 20.0. The van der Waals surface area contributed by atoms with Crippen molar-refractivity contribution >= 4 is 30.1 Å². The lowest BCUT2D eigenvalue weighted by molar-refractivity contribution is -0.350. The zero-order valence-corrected chi connectivity index (χ0v) is 34.0. The van der Waals surface area contributed by atoms with Crippen LogP contribution >= 0.6 is 0 Å². The molecule has 1 heterocycles. The number of aliphatic hydroxyl groups is 4. The molecule has 318 valence electrons. The molecule has 7 rings (SSSR count). The van der Waals surface area contributed by atoms with E-state index in [0.29, 0.717) is 11.8 Å². The van der Waals surface area contributed by atoms with E-state index >= 15 is 0 Å². The van der Waals surface area contributed by atoms with Gasteiger partial charge in [0.15, 0.2) is 11.7 Å². The summed E-state index contributed by atoms with van der Waals surface area (Å²) in [5, 5.41) is 51.7. The second kappa shape index (κ2) is 16.0. The highest BCUT2D eigenvalue weighted by atomic mass is 16.6. The fraction of sp³-hybridized carbons (Fsp3) is 0.457. The zero-order chi connectivity index (χ0) is 43.4. The van der Waals surface area contributed by atoms with Gasteiger partial charge in [-0.25, -0.2) is 9.59 Å². The zero-order valence-electron chi connectivity index (χ0n) is 34.0. The Balaban J connectivity index is 1.36. The molecule has 3 aliphatic carbocycles. The molecule has 60 heavy (non-hydrogen) atoms. The summed E-state index contributed by atoms with van der Waals surface area (Å²) in [6.45, 7) is 6.96. The smallest absolute Gasteiger partial charge is 0.338 e. The van der Waals surface area contributed by atoms with Crippen LogP contribution in [0.1, 0.15) is 79.8 Å². The quantitative estimate of drug-likeness (QED) is 0.0813. The van der Waals surface area contributed by atoms with E-state index in [0.717, 1.165) is 0 Å². The Morgan fingerprint density at radius 2 is 1.50 bits per heavy atom. The summed E-state index contributed by atoms with van der Waals surface area (Å²) in [6, 6.07) is 23.3. The Morgan fingerprint density at radius 1 is 0.917 bits per heavy atom. The molecular formula is C46H51NO13. The molecule has 0 aromatic heterocycles. The predicted molar refractivity (Wildman–Crippen MR) is 213 cm³/mol. The maximum atomic E-state index is 14.3. The summed E-state index contributed by atoms with van der Waals surface area (Å²) in [4.78, 5) is 68.4. The van der Waals surface area contributed by atoms with Crippen LogP contribution in [0.2, 0.25) is 0 Å². The maximum Gasteiger partial charge on any atom is 0.338 e. The normalized spacial score (nSPS) is 33.0. The van der Waals surface area contributed by atoms with Crippen molar-refractivity contribution in [1.29, 1.82) is 0 Å². The molecule has 5 N–H and O–H groups in total. The first-order valence-corrected chi connectivity index (χ1v) is 20.0. The number of carbonyl (C=O) groups excluding carboxylic acids is 5. The fourth-order valence-corrected chi connectivity index (χ4v) is 10.5. The Morgan fingerprint density at radius 3 is 2.03 bits per heavy atom. The predicted octanol–water partition coefficient (Wildman–Crippen LogP) is 3.41. The second-order valence-electron chi connectivity index (χ2n) is 17.2. The van der Waals surface area contributed by atoms with E-state index in [2.05, 4.69) is 5.32 Å². The number of nitrogens with one attached hydrogen (secondary N) is 1. The Labute approximate surface area is 347 Å². The van der Waals surface area contributed by atoms with Crippen LogP contribution in [0.5, 0.6) is 0 Å². The number of amides is 1. The van der Waals surface area contributed by atoms with E-state index in [1.54, 1.807) is 92.7 Å². The molecule has 3 fully saturated rings. The lowest BCUT2D eigenvalue weighted by Crippen LogP contribution is -2.78. The fourth-order valence-electron chi connectivity index (χ4n) is 10.5. The molecular weight excluding hydrogens is 774 g/mol. The second-order valence-corrected chi connectivity index (χ2v) is 17.2. The molecule has 0 radical (unpaired) electrons. The molecule has 2 saturated carbocycles. The van der Waals surface area contributed by atoms with Gasteiger partial charge < -0.3 is 49.5 Å². The van der Waals surface area contributed by atoms with Gasteiger partial charge in [0, 0.05) is 30.7 Å². The molecule has 4 aliphatic rings. The van der Waals surface area contributed by atoms with Gasteiger partial charge in [0.1, 0.15) is 24.6 Å². The van der Waals surface area contributed by atoms with Crippen LogP contribution in [0.4, 0.5) is 0 Å². The Bertz CT molecular complexity index is 2160. The lowest BCUT2D eigenvalue weighted by atomic mass is 9.49. The number of benzene rings is 3. The first-order chi connectivity index (χ1) is 28.4. The highest BCUT2D eigenvalue weighted by Gasteiger charge is 2.79. The minimum Gasteiger partial charge on any atom is -0.457 e. The van der Waals surface area contributed by atoms with E-state index in [9.17, 15) is 44.4 Å². The summed E-state index contributed by atoms with van der Waals surface area (Å²) in [5.74, 6) is -6.11. The van der Waals surface area contributed by atoms with Gasteiger partial charge in [-0.3, -0.25) is 9.59 Å². The number of carbonyl (C=O) groups is 5. The number of rotatable bonds is 11. The van der Waals surface area contributed by atoms with Gasteiger partial charge in [0.05, 0.1) is 53.3 Å². The number of ether oxygens (including phenoxy) is 4. The SMILES string of the molecule is CC(=O)O[C@@]12CO[C@@H]1C[C@H](O)[C@]1(C)[C@@H]2[C@H](OC(=O)c2ccccc2)[C@]2(C(C)(C)O)C[C@H](OC(=O)[C@H](O)[C@@H](NC(=O)c3ccccc3)c3ccccc3)C(C)=C2[C@H](C=O)[C@@H]1O. The van der Waals surface area contributed by atoms with Crippen molar-refractivity contribution in [2.45, 2.75) is 101 Å². The summed E-state index contributed by atoms with van der Waals surface area (Å²) >= 11 is 0. The number of hydrogen-bond acceptors (Lipinski definition) is 13. The average molecular weight is 826 g/mol. The van der Waals surface area contributed by atoms with Gasteiger partial charge in [0.2, 0.25) is 0 Å². The van der Waals surface area contributed by atoms with Crippen molar-refractivity contribution in [2.75, 3.05) is 6.61 Å². The molecule has 12 atom stereocenters. The van der Waals surface area contributed by atoms with Gasteiger partial charge >= 0.3 is 17.9 Å². The summed E-state index contributed by atoms with van der Waals surface area (Å²) < 4.78 is 24.7. The third kappa shape index (κ3) is 6.84. The van der Waals surface area contributed by atoms with Gasteiger partial charge in [-0.05, 0) is 61.7 Å². The molecule has 1 aliphatic heterocycles. The molecule has 3 aromatic carbocycles. The third-order valence-electron chi connectivity index (χ3n) is 13.5. The van der Waals surface area contributed by atoms with Crippen LogP contribution in [0.25, 0.3) is 0 Å². The standard InChI is InChI=1S/C46H51NO13/c1-25-31(58-42(55)36(51)35(27-15-9-6-10-16-27)47-40(53)28-17-11-7-12-18-28)22-45(43(3,4)56)34(25)30(23-48)38(52)44(5)32(50)21-33-46(24-57-33,60-26(2)49)37(44)39(45)59-41(54)29-19-13-8-14-20-29/h6-20,23,30-33,35-39,50-52,56H,21-22,24H2,1-5H3,(H,47,53)/t30-,31-,32-,33+,35-,36+,37-,38-,39-,44+,45-,46-/m0/s1. The monoisotopic (exact) mass is 825 g/mol. The van der Waals surface area contributed by atoms with E-state index < -0.39 is 100 Å². The first kappa shape index (κ1) is 42.9. The number of esters is 3. The average Bonchev–Trinajstić information content (AvgIpc) is 3.48. The highest BCUT2D eigenvalue weighted by Crippen LogP contribution is 2.69. The van der Waals surface area contributed by atoms with Crippen molar-refractivity contribution in [1.82, 2.24) is 5.32 Å². The van der Waals surface area contributed by atoms with Crippen LogP contribution in [0.15, 0.2) is 102 Å². The van der Waals surface area contributed by atoms with Crippen LogP contribution in [-0.4, -0.2) is 105 Å². The number of hydrogen-bond donors (Lipinski definition) is 5. The van der Waals surface area contributed by atoms with Crippen molar-refractivity contribution in [3.63, 3.8) is 0 Å². The Kier molecular flexibility index (Phi) is 11.4. The van der Waals surface area contributed by atoms with E-state index in [1.165, 1.54) is 32.9 Å². The van der Waals surface area contributed by atoms with Crippen LogP contribution in [0, 0.1) is 22.7 Å².